The van der Waals surface area contributed by atoms with Crippen LogP contribution in [0.25, 0.3) is 11.1 Å². The summed E-state index contributed by atoms with van der Waals surface area (Å²) in [4.78, 5) is 26.8. The lowest BCUT2D eigenvalue weighted by molar-refractivity contribution is 0.0691. The largest absolute Gasteiger partial charge is 0.476 e. The normalized spacial score (nSPS) is 12.3. The first-order chi connectivity index (χ1) is 13.1. The highest BCUT2D eigenvalue weighted by molar-refractivity contribution is 7.09. The van der Waals surface area contributed by atoms with Gasteiger partial charge in [0, 0.05) is 11.3 Å². The Bertz CT molecular complexity index is 969. The maximum Gasteiger partial charge on any atom is 0.407 e. The van der Waals surface area contributed by atoms with Gasteiger partial charge in [-0.3, -0.25) is 0 Å². The predicted molar refractivity (Wildman–Crippen MR) is 101 cm³/mol. The molecule has 4 rings (SSSR count). The van der Waals surface area contributed by atoms with E-state index in [1.54, 1.807) is 0 Å². The summed E-state index contributed by atoms with van der Waals surface area (Å²) in [7, 11) is 0. The van der Waals surface area contributed by atoms with Gasteiger partial charge >= 0.3 is 12.1 Å². The van der Waals surface area contributed by atoms with Gasteiger partial charge in [0.15, 0.2) is 5.69 Å². The number of rotatable bonds is 5. The zero-order valence-corrected chi connectivity index (χ0v) is 15.0. The van der Waals surface area contributed by atoms with Gasteiger partial charge in [-0.1, -0.05) is 48.5 Å². The molecular formula is C20H16N2O4S. The number of carboxylic acids is 1. The fraction of sp³-hybridized carbons (Fsp3) is 0.150. The number of carbonyl (C=O) groups excluding carboxylic acids is 1. The van der Waals surface area contributed by atoms with E-state index in [-0.39, 0.29) is 24.8 Å². The van der Waals surface area contributed by atoms with E-state index < -0.39 is 12.1 Å². The third-order valence-corrected chi connectivity index (χ3v) is 5.35. The second-order valence-corrected chi connectivity index (χ2v) is 7.05. The van der Waals surface area contributed by atoms with E-state index in [9.17, 15) is 9.59 Å². The number of carbonyl (C=O) groups is 2. The second-order valence-electron chi connectivity index (χ2n) is 6.11. The molecule has 0 spiro atoms. The number of nitrogens with one attached hydrogen (secondary N) is 1. The van der Waals surface area contributed by atoms with Gasteiger partial charge in [0.25, 0.3) is 0 Å². The Morgan fingerprint density at radius 2 is 1.70 bits per heavy atom. The Labute approximate surface area is 159 Å². The van der Waals surface area contributed by atoms with Gasteiger partial charge < -0.3 is 15.2 Å². The Kier molecular flexibility index (Phi) is 4.60. The van der Waals surface area contributed by atoms with Crippen LogP contribution < -0.4 is 5.32 Å². The second kappa shape index (κ2) is 7.20. The van der Waals surface area contributed by atoms with Gasteiger partial charge in [0.05, 0.1) is 6.54 Å². The molecule has 1 aliphatic rings. The van der Waals surface area contributed by atoms with Crippen molar-refractivity contribution in [2.45, 2.75) is 12.5 Å². The van der Waals surface area contributed by atoms with Crippen molar-refractivity contribution in [2.75, 3.05) is 6.61 Å². The van der Waals surface area contributed by atoms with Crippen LogP contribution in [0.1, 0.15) is 32.5 Å². The number of alkyl carbamates (subject to hydrolysis) is 1. The summed E-state index contributed by atoms with van der Waals surface area (Å²) < 4.78 is 5.43. The lowest BCUT2D eigenvalue weighted by atomic mass is 9.98. The third-order valence-electron chi connectivity index (χ3n) is 4.50. The predicted octanol–water partition coefficient (Wildman–Crippen LogP) is 3.88. The standard InChI is InChI=1S/C20H16N2O4S/c23-19(24)17-11-27-18(22-17)9-21-20(25)26-10-16-14-7-3-1-5-12(14)13-6-2-4-8-15(13)16/h1-8,11,16H,9-10H2,(H,21,25)(H,23,24). The molecule has 1 heterocycles. The molecule has 6 nitrogen and oxygen atoms in total. The fourth-order valence-electron chi connectivity index (χ4n) is 3.29. The summed E-state index contributed by atoms with van der Waals surface area (Å²) in [5, 5.41) is 13.4. The summed E-state index contributed by atoms with van der Waals surface area (Å²) in [5.74, 6) is -1.08. The molecule has 1 amide bonds. The zero-order chi connectivity index (χ0) is 18.8. The topological polar surface area (TPSA) is 88.5 Å². The number of benzene rings is 2. The van der Waals surface area contributed by atoms with Crippen molar-refractivity contribution in [2.24, 2.45) is 0 Å². The summed E-state index contributed by atoms with van der Waals surface area (Å²) >= 11 is 1.18. The average Bonchev–Trinajstić information content (AvgIpc) is 3.28. The number of aromatic nitrogens is 1. The van der Waals surface area contributed by atoms with Crippen LogP contribution in [0.5, 0.6) is 0 Å². The Morgan fingerprint density at radius 3 is 2.30 bits per heavy atom. The number of hydrogen-bond donors (Lipinski definition) is 2. The number of thiazole rings is 1. The highest BCUT2D eigenvalue weighted by Gasteiger charge is 2.28. The van der Waals surface area contributed by atoms with E-state index in [2.05, 4.69) is 34.6 Å². The quantitative estimate of drug-likeness (QED) is 0.701. The molecule has 2 N–H and O–H groups in total. The molecule has 7 heteroatoms. The molecule has 0 radical (unpaired) electrons. The van der Waals surface area contributed by atoms with Crippen molar-refractivity contribution in [1.29, 1.82) is 0 Å². The Balaban J connectivity index is 1.39. The molecule has 0 saturated heterocycles. The maximum atomic E-state index is 12.1. The average molecular weight is 380 g/mol. The van der Waals surface area contributed by atoms with Crippen LogP contribution in [0.15, 0.2) is 53.9 Å². The third kappa shape index (κ3) is 3.41. The van der Waals surface area contributed by atoms with E-state index in [0.29, 0.717) is 5.01 Å². The summed E-state index contributed by atoms with van der Waals surface area (Å²) in [6.45, 7) is 0.368. The van der Waals surface area contributed by atoms with Gasteiger partial charge in [-0.15, -0.1) is 11.3 Å². The van der Waals surface area contributed by atoms with Crippen LogP contribution in [-0.2, 0) is 11.3 Å². The molecule has 2 aromatic carbocycles. The van der Waals surface area contributed by atoms with Crippen molar-refractivity contribution < 1.29 is 19.4 Å². The minimum atomic E-state index is -1.08. The van der Waals surface area contributed by atoms with Gasteiger partial charge in [0.1, 0.15) is 11.6 Å². The van der Waals surface area contributed by atoms with Crippen LogP contribution in [0.2, 0.25) is 0 Å². The van der Waals surface area contributed by atoms with E-state index in [0.717, 1.165) is 11.1 Å². The maximum absolute atomic E-state index is 12.1. The first kappa shape index (κ1) is 17.2. The lowest BCUT2D eigenvalue weighted by Gasteiger charge is -2.14. The van der Waals surface area contributed by atoms with Gasteiger partial charge in [-0.05, 0) is 22.3 Å². The number of nitrogens with zero attached hydrogens (tertiary/aromatic N) is 1. The smallest absolute Gasteiger partial charge is 0.407 e. The molecule has 1 aromatic heterocycles. The lowest BCUT2D eigenvalue weighted by Crippen LogP contribution is -2.25. The van der Waals surface area contributed by atoms with Crippen LogP contribution in [0.3, 0.4) is 0 Å². The number of carboxylic acid groups (broad SMARTS) is 1. The van der Waals surface area contributed by atoms with Crippen molar-refractivity contribution in [3.8, 4) is 11.1 Å². The van der Waals surface area contributed by atoms with Crippen molar-refractivity contribution in [3.63, 3.8) is 0 Å². The van der Waals surface area contributed by atoms with Gasteiger partial charge in [0.2, 0.25) is 0 Å². The number of fused-ring (bicyclic) bond motifs is 3. The fourth-order valence-corrected chi connectivity index (χ4v) is 4.00. The van der Waals surface area contributed by atoms with E-state index in [1.165, 1.54) is 27.8 Å². The van der Waals surface area contributed by atoms with Crippen LogP contribution >= 0.6 is 11.3 Å². The van der Waals surface area contributed by atoms with Crippen molar-refractivity contribution in [1.82, 2.24) is 10.3 Å². The first-order valence-corrected chi connectivity index (χ1v) is 9.28. The van der Waals surface area contributed by atoms with Crippen molar-refractivity contribution in [3.05, 3.63) is 75.7 Å². The van der Waals surface area contributed by atoms with Crippen LogP contribution in [0, 0.1) is 0 Å². The summed E-state index contributed by atoms with van der Waals surface area (Å²) in [6, 6.07) is 16.3. The van der Waals surface area contributed by atoms with Gasteiger partial charge in [-0.25, -0.2) is 14.6 Å². The molecule has 136 valence electrons. The highest BCUT2D eigenvalue weighted by atomic mass is 32.1. The summed E-state index contributed by atoms with van der Waals surface area (Å²) in [6.07, 6.45) is -0.552. The number of ether oxygens (including phenoxy) is 1. The van der Waals surface area contributed by atoms with E-state index >= 15 is 0 Å². The monoisotopic (exact) mass is 380 g/mol. The molecule has 0 atom stereocenters. The van der Waals surface area contributed by atoms with Crippen LogP contribution in [0.4, 0.5) is 4.79 Å². The Hall–Kier alpha value is -3.19. The van der Waals surface area contributed by atoms with E-state index in [1.807, 2.05) is 24.3 Å². The number of amides is 1. The molecule has 0 aliphatic heterocycles. The van der Waals surface area contributed by atoms with Gasteiger partial charge in [-0.2, -0.15) is 0 Å². The zero-order valence-electron chi connectivity index (χ0n) is 14.2. The molecule has 0 unspecified atom stereocenters. The molecule has 1 aliphatic carbocycles. The minimum Gasteiger partial charge on any atom is -0.476 e. The highest BCUT2D eigenvalue weighted by Crippen LogP contribution is 2.44. The molecule has 0 saturated carbocycles. The molecule has 3 aromatic rings. The summed E-state index contributed by atoms with van der Waals surface area (Å²) in [5.41, 5.74) is 4.62. The minimum absolute atomic E-state index is 0.00151. The van der Waals surface area contributed by atoms with Crippen LogP contribution in [-0.4, -0.2) is 28.8 Å². The Morgan fingerprint density at radius 1 is 1.07 bits per heavy atom. The number of hydrogen-bond acceptors (Lipinski definition) is 5. The molecular weight excluding hydrogens is 364 g/mol. The number of aromatic carboxylic acids is 1. The van der Waals surface area contributed by atoms with Crippen molar-refractivity contribution >= 4 is 23.4 Å². The SMILES string of the molecule is O=C(NCc1nc(C(=O)O)cs1)OCC1c2ccccc2-c2ccccc21. The molecule has 27 heavy (non-hydrogen) atoms. The molecule has 0 fully saturated rings. The first-order valence-electron chi connectivity index (χ1n) is 8.40. The molecule has 0 bridgehead atoms. The van der Waals surface area contributed by atoms with E-state index in [4.69, 9.17) is 9.84 Å².